The largest absolute Gasteiger partial charge is 0.359 e. The third kappa shape index (κ3) is 3.84. The number of hydrogen-bond acceptors (Lipinski definition) is 4. The second-order valence-corrected chi connectivity index (χ2v) is 6.82. The number of rotatable bonds is 4. The van der Waals surface area contributed by atoms with Crippen LogP contribution in [0.3, 0.4) is 0 Å². The van der Waals surface area contributed by atoms with Gasteiger partial charge < -0.3 is 20.1 Å². The van der Waals surface area contributed by atoms with E-state index in [9.17, 15) is 9.59 Å². The summed E-state index contributed by atoms with van der Waals surface area (Å²) in [5, 5.41) is 6.12. The molecule has 2 aromatic carbocycles. The minimum atomic E-state index is -0.224. The van der Waals surface area contributed by atoms with Crippen LogP contribution in [0.25, 0.3) is 5.69 Å². The molecule has 0 radical (unpaired) electrons. The maximum Gasteiger partial charge on any atom is 0.255 e. The van der Waals surface area contributed by atoms with Crippen molar-refractivity contribution in [3.05, 3.63) is 71.8 Å². The quantitative estimate of drug-likeness (QED) is 0.712. The van der Waals surface area contributed by atoms with Gasteiger partial charge in [-0.2, -0.15) is 0 Å². The molecule has 2 amide bonds. The molecule has 0 aliphatic carbocycles. The molecule has 28 heavy (non-hydrogen) atoms. The summed E-state index contributed by atoms with van der Waals surface area (Å²) in [5.74, 6) is -0.253. The minimum absolute atomic E-state index is 0.0289. The molecule has 3 aromatic rings. The Morgan fingerprint density at radius 1 is 1.18 bits per heavy atom. The van der Waals surface area contributed by atoms with Crippen molar-refractivity contribution in [3.8, 4) is 5.69 Å². The molecule has 1 aliphatic rings. The lowest BCUT2D eigenvalue weighted by atomic mass is 10.1. The highest BCUT2D eigenvalue weighted by Gasteiger charge is 2.19. The molecule has 1 saturated heterocycles. The van der Waals surface area contributed by atoms with Crippen LogP contribution in [0.15, 0.2) is 61.2 Å². The lowest BCUT2D eigenvalue weighted by Gasteiger charge is -2.29. The third-order valence-corrected chi connectivity index (χ3v) is 4.82. The van der Waals surface area contributed by atoms with Crippen molar-refractivity contribution in [1.82, 2.24) is 14.9 Å². The van der Waals surface area contributed by atoms with Gasteiger partial charge in [0.2, 0.25) is 5.91 Å². The number of halogens is 1. The number of imidazole rings is 1. The van der Waals surface area contributed by atoms with Crippen LogP contribution in [0, 0.1) is 0 Å². The van der Waals surface area contributed by atoms with Crippen LogP contribution in [0.4, 0.5) is 11.4 Å². The second-order valence-electron chi connectivity index (χ2n) is 6.41. The van der Waals surface area contributed by atoms with E-state index in [2.05, 4.69) is 15.6 Å². The summed E-state index contributed by atoms with van der Waals surface area (Å²) in [6.07, 6.45) is 5.24. The molecule has 0 atom stereocenters. The van der Waals surface area contributed by atoms with Gasteiger partial charge in [0.1, 0.15) is 0 Å². The fourth-order valence-electron chi connectivity index (χ4n) is 3.09. The monoisotopic (exact) mass is 395 g/mol. The average molecular weight is 396 g/mol. The molecule has 1 aliphatic heterocycles. The van der Waals surface area contributed by atoms with Crippen molar-refractivity contribution < 1.29 is 9.59 Å². The summed E-state index contributed by atoms with van der Waals surface area (Å²) in [7, 11) is 0. The van der Waals surface area contributed by atoms with Gasteiger partial charge in [0.05, 0.1) is 23.6 Å². The Morgan fingerprint density at radius 3 is 2.68 bits per heavy atom. The molecule has 0 unspecified atom stereocenters. The lowest BCUT2D eigenvalue weighted by molar-refractivity contribution is -0.120. The number of nitrogens with one attached hydrogen (secondary N) is 2. The zero-order chi connectivity index (χ0) is 19.5. The van der Waals surface area contributed by atoms with Crippen molar-refractivity contribution >= 4 is 34.8 Å². The standard InChI is InChI=1S/C20H18ClN5O2/c21-17-11-15(3-6-18(17)25-10-8-23-19(27)12-25)24-20(28)14-1-4-16(5-2-14)26-9-7-22-13-26/h1-7,9,11,13H,8,10,12H2,(H,23,27)(H,24,28). The van der Waals surface area contributed by atoms with Crippen LogP contribution in [-0.2, 0) is 4.79 Å². The van der Waals surface area contributed by atoms with Crippen LogP contribution in [0.5, 0.6) is 0 Å². The highest BCUT2D eigenvalue weighted by Crippen LogP contribution is 2.29. The molecule has 7 nitrogen and oxygen atoms in total. The number of aromatic nitrogens is 2. The Morgan fingerprint density at radius 2 is 2.00 bits per heavy atom. The van der Waals surface area contributed by atoms with E-state index in [4.69, 9.17) is 11.6 Å². The van der Waals surface area contributed by atoms with Crippen LogP contribution in [0.2, 0.25) is 5.02 Å². The lowest BCUT2D eigenvalue weighted by Crippen LogP contribution is -2.47. The molecule has 0 bridgehead atoms. The number of hydrogen-bond donors (Lipinski definition) is 2. The zero-order valence-corrected chi connectivity index (χ0v) is 15.7. The maximum atomic E-state index is 12.5. The molecular weight excluding hydrogens is 378 g/mol. The number of carbonyl (C=O) groups excluding carboxylic acids is 2. The molecule has 8 heteroatoms. The molecule has 0 spiro atoms. The first-order valence-corrected chi connectivity index (χ1v) is 9.19. The fraction of sp³-hybridized carbons (Fsp3) is 0.150. The number of benzene rings is 2. The highest BCUT2D eigenvalue weighted by molar-refractivity contribution is 6.33. The van der Waals surface area contributed by atoms with E-state index < -0.39 is 0 Å². The first-order chi connectivity index (χ1) is 13.6. The van der Waals surface area contributed by atoms with Crippen molar-refractivity contribution in [2.75, 3.05) is 29.9 Å². The van der Waals surface area contributed by atoms with E-state index in [0.717, 1.165) is 11.4 Å². The Labute approximate surface area is 166 Å². The van der Waals surface area contributed by atoms with Crippen LogP contribution in [-0.4, -0.2) is 41.0 Å². The summed E-state index contributed by atoms with van der Waals surface area (Å²) in [4.78, 5) is 30.0. The number of nitrogens with zero attached hydrogens (tertiary/aromatic N) is 3. The minimum Gasteiger partial charge on any atom is -0.359 e. The van der Waals surface area contributed by atoms with Gasteiger partial charge in [-0.1, -0.05) is 11.6 Å². The van der Waals surface area contributed by atoms with Crippen LogP contribution in [0.1, 0.15) is 10.4 Å². The molecule has 142 valence electrons. The van der Waals surface area contributed by atoms with Gasteiger partial charge in [-0.25, -0.2) is 4.98 Å². The summed E-state index contributed by atoms with van der Waals surface area (Å²) in [6.45, 7) is 1.55. The van der Waals surface area contributed by atoms with Crippen molar-refractivity contribution in [1.29, 1.82) is 0 Å². The molecule has 4 rings (SSSR count). The Balaban J connectivity index is 1.45. The highest BCUT2D eigenvalue weighted by atomic mass is 35.5. The predicted molar refractivity (Wildman–Crippen MR) is 108 cm³/mol. The van der Waals surface area contributed by atoms with Crippen LogP contribution >= 0.6 is 11.6 Å². The van der Waals surface area contributed by atoms with Gasteiger partial charge in [-0.3, -0.25) is 9.59 Å². The van der Waals surface area contributed by atoms with Crippen molar-refractivity contribution in [2.45, 2.75) is 0 Å². The van der Waals surface area contributed by atoms with Crippen LogP contribution < -0.4 is 15.5 Å². The number of anilines is 2. The number of amides is 2. The van der Waals surface area contributed by atoms with E-state index in [-0.39, 0.29) is 18.4 Å². The number of piperazine rings is 1. The summed E-state index contributed by atoms with van der Waals surface area (Å²) in [6, 6.07) is 12.5. The van der Waals surface area contributed by atoms with Gasteiger partial charge in [0.15, 0.2) is 0 Å². The Hall–Kier alpha value is -3.32. The molecule has 0 saturated carbocycles. The molecular formula is C20H18ClN5O2. The smallest absolute Gasteiger partial charge is 0.255 e. The average Bonchev–Trinajstić information content (AvgIpc) is 3.23. The number of carbonyl (C=O) groups is 2. The van der Waals surface area contributed by atoms with E-state index >= 15 is 0 Å². The second kappa shape index (κ2) is 7.74. The van der Waals surface area contributed by atoms with E-state index in [1.54, 1.807) is 36.8 Å². The van der Waals surface area contributed by atoms with E-state index in [1.165, 1.54) is 0 Å². The molecule has 2 N–H and O–H groups in total. The first kappa shape index (κ1) is 18.1. The first-order valence-electron chi connectivity index (χ1n) is 8.81. The van der Waals surface area contributed by atoms with E-state index in [1.807, 2.05) is 33.9 Å². The van der Waals surface area contributed by atoms with E-state index in [0.29, 0.717) is 29.4 Å². The van der Waals surface area contributed by atoms with Crippen molar-refractivity contribution in [3.63, 3.8) is 0 Å². The summed E-state index contributed by atoms with van der Waals surface area (Å²) in [5.41, 5.74) is 2.84. The van der Waals surface area contributed by atoms with Crippen molar-refractivity contribution in [2.24, 2.45) is 0 Å². The topological polar surface area (TPSA) is 79.3 Å². The maximum absolute atomic E-state index is 12.5. The van der Waals surface area contributed by atoms with Gasteiger partial charge in [0.25, 0.3) is 5.91 Å². The van der Waals surface area contributed by atoms with Gasteiger partial charge in [0, 0.05) is 42.4 Å². The molecule has 2 heterocycles. The predicted octanol–water partition coefficient (Wildman–Crippen LogP) is 2.71. The Bertz CT molecular complexity index is 1000. The van der Waals surface area contributed by atoms with Gasteiger partial charge in [-0.05, 0) is 42.5 Å². The SMILES string of the molecule is O=C1CN(c2ccc(NC(=O)c3ccc(-n4ccnc4)cc3)cc2Cl)CCN1. The Kier molecular flexibility index (Phi) is 4.99. The van der Waals surface area contributed by atoms with Gasteiger partial charge >= 0.3 is 0 Å². The van der Waals surface area contributed by atoms with Gasteiger partial charge in [-0.15, -0.1) is 0 Å². The molecule has 1 aromatic heterocycles. The zero-order valence-electron chi connectivity index (χ0n) is 14.9. The normalized spacial score (nSPS) is 13.9. The summed E-state index contributed by atoms with van der Waals surface area (Å²) < 4.78 is 1.86. The fourth-order valence-corrected chi connectivity index (χ4v) is 3.39. The summed E-state index contributed by atoms with van der Waals surface area (Å²) >= 11 is 6.38. The third-order valence-electron chi connectivity index (χ3n) is 4.52. The molecule has 1 fully saturated rings.